The van der Waals surface area contributed by atoms with Crippen LogP contribution >= 0.6 is 11.3 Å². The van der Waals surface area contributed by atoms with E-state index in [4.69, 9.17) is 0 Å². The molecule has 2 amide bonds. The Bertz CT molecular complexity index is 971. The van der Waals surface area contributed by atoms with Crippen LogP contribution in [0.5, 0.6) is 0 Å². The predicted octanol–water partition coefficient (Wildman–Crippen LogP) is 3.74. The molecule has 2 aromatic carbocycles. The van der Waals surface area contributed by atoms with Gasteiger partial charge in [0.1, 0.15) is 10.8 Å². The first-order valence-electron chi connectivity index (χ1n) is 9.27. The van der Waals surface area contributed by atoms with E-state index in [2.05, 4.69) is 39.9 Å². The number of aromatic nitrogens is 2. The molecule has 1 heterocycles. The molecular weight excluding hydrogens is 391 g/mol. The van der Waals surface area contributed by atoms with Crippen LogP contribution in [-0.4, -0.2) is 22.0 Å². The van der Waals surface area contributed by atoms with Crippen molar-refractivity contribution in [1.82, 2.24) is 15.5 Å². The highest BCUT2D eigenvalue weighted by atomic mass is 32.1. The van der Waals surface area contributed by atoms with E-state index in [0.29, 0.717) is 23.7 Å². The molecule has 3 rings (SSSR count). The normalized spacial score (nSPS) is 10.6. The number of nitrogens with zero attached hydrogens (tertiary/aromatic N) is 2. The van der Waals surface area contributed by atoms with Gasteiger partial charge in [-0.15, -0.1) is 10.2 Å². The van der Waals surface area contributed by atoms with Crippen LogP contribution in [0.1, 0.15) is 39.3 Å². The molecule has 0 aliphatic heterocycles. The van der Waals surface area contributed by atoms with E-state index in [0.717, 1.165) is 23.3 Å². The Balaban J connectivity index is 1.44. The maximum Gasteiger partial charge on any atom is 0.286 e. The van der Waals surface area contributed by atoms with Gasteiger partial charge in [-0.25, -0.2) is 4.39 Å². The number of hydrogen-bond donors (Lipinski definition) is 2. The minimum Gasteiger partial charge on any atom is -0.352 e. The molecule has 0 spiro atoms. The summed E-state index contributed by atoms with van der Waals surface area (Å²) in [5.41, 5.74) is 2.78. The van der Waals surface area contributed by atoms with Gasteiger partial charge in [0.25, 0.3) is 5.91 Å². The van der Waals surface area contributed by atoms with Crippen LogP contribution in [0.4, 0.5) is 10.1 Å². The third-order valence-electron chi connectivity index (χ3n) is 4.25. The maximum atomic E-state index is 12.9. The summed E-state index contributed by atoms with van der Waals surface area (Å²) in [5, 5.41) is 14.2. The molecule has 150 valence electrons. The lowest BCUT2D eigenvalue weighted by Crippen LogP contribution is -2.22. The highest BCUT2D eigenvalue weighted by molar-refractivity contribution is 7.13. The molecule has 0 fully saturated rings. The fourth-order valence-corrected chi connectivity index (χ4v) is 3.30. The van der Waals surface area contributed by atoms with Crippen molar-refractivity contribution in [3.8, 4) is 0 Å². The van der Waals surface area contributed by atoms with Crippen molar-refractivity contribution in [2.45, 2.75) is 32.7 Å². The second kappa shape index (κ2) is 9.88. The van der Waals surface area contributed by atoms with E-state index >= 15 is 0 Å². The predicted molar refractivity (Wildman–Crippen MR) is 110 cm³/mol. The van der Waals surface area contributed by atoms with Crippen LogP contribution < -0.4 is 10.6 Å². The zero-order valence-electron chi connectivity index (χ0n) is 15.9. The molecule has 0 atom stereocenters. The number of carbonyl (C=O) groups is 2. The summed E-state index contributed by atoms with van der Waals surface area (Å²) in [6.07, 6.45) is 1.65. The zero-order valence-corrected chi connectivity index (χ0v) is 16.8. The van der Waals surface area contributed by atoms with Crippen LogP contribution in [0.15, 0.2) is 48.5 Å². The first kappa shape index (κ1) is 20.6. The summed E-state index contributed by atoms with van der Waals surface area (Å²) in [6.45, 7) is 2.58. The van der Waals surface area contributed by atoms with E-state index in [1.165, 1.54) is 29.8 Å². The molecule has 2 N–H and O–H groups in total. The summed E-state index contributed by atoms with van der Waals surface area (Å²) in [5.74, 6) is -0.880. The second-order valence-corrected chi connectivity index (χ2v) is 7.47. The average Bonchev–Trinajstić information content (AvgIpc) is 3.22. The summed E-state index contributed by atoms with van der Waals surface area (Å²) < 4.78 is 12.9. The highest BCUT2D eigenvalue weighted by Crippen LogP contribution is 2.15. The number of halogens is 1. The molecule has 3 aromatic rings. The van der Waals surface area contributed by atoms with Crippen molar-refractivity contribution in [3.63, 3.8) is 0 Å². The number of anilines is 1. The Morgan fingerprint density at radius 2 is 1.69 bits per heavy atom. The third-order valence-corrected chi connectivity index (χ3v) is 5.23. The molecule has 6 nitrogen and oxygen atoms in total. The summed E-state index contributed by atoms with van der Waals surface area (Å²) in [6, 6.07) is 13.6. The van der Waals surface area contributed by atoms with Crippen LogP contribution in [-0.2, 0) is 24.2 Å². The fourth-order valence-electron chi connectivity index (χ4n) is 2.57. The van der Waals surface area contributed by atoms with E-state index in [9.17, 15) is 14.0 Å². The van der Waals surface area contributed by atoms with Crippen molar-refractivity contribution < 1.29 is 14.0 Å². The summed E-state index contributed by atoms with van der Waals surface area (Å²) in [7, 11) is 0. The quantitative estimate of drug-likeness (QED) is 0.590. The number of amides is 2. The van der Waals surface area contributed by atoms with Gasteiger partial charge in [0.05, 0.1) is 0 Å². The van der Waals surface area contributed by atoms with Crippen LogP contribution in [0.3, 0.4) is 0 Å². The lowest BCUT2D eigenvalue weighted by Gasteiger charge is -2.05. The molecule has 0 radical (unpaired) electrons. The lowest BCUT2D eigenvalue weighted by molar-refractivity contribution is -0.121. The van der Waals surface area contributed by atoms with Gasteiger partial charge in [-0.1, -0.05) is 42.5 Å². The topological polar surface area (TPSA) is 84.0 Å². The van der Waals surface area contributed by atoms with Crippen molar-refractivity contribution >= 4 is 28.8 Å². The van der Waals surface area contributed by atoms with Crippen molar-refractivity contribution in [2.24, 2.45) is 0 Å². The van der Waals surface area contributed by atoms with Gasteiger partial charge in [-0.2, -0.15) is 0 Å². The molecule has 29 heavy (non-hydrogen) atoms. The maximum absolute atomic E-state index is 12.9. The minimum atomic E-state index is -0.416. The van der Waals surface area contributed by atoms with E-state index in [1.807, 2.05) is 12.1 Å². The Morgan fingerprint density at radius 3 is 2.38 bits per heavy atom. The van der Waals surface area contributed by atoms with Gasteiger partial charge < -0.3 is 10.6 Å². The number of carbonyl (C=O) groups excluding carboxylic acids is 2. The number of hydrogen-bond acceptors (Lipinski definition) is 5. The SMILES string of the molecule is CCc1ccc(CNC(=O)CCc2nnc(C(=O)Nc3ccc(F)cc3)s2)cc1. The second-order valence-electron chi connectivity index (χ2n) is 6.41. The first-order valence-corrected chi connectivity index (χ1v) is 10.1. The van der Waals surface area contributed by atoms with Crippen LogP contribution in [0.25, 0.3) is 0 Å². The van der Waals surface area contributed by atoms with Gasteiger partial charge >= 0.3 is 0 Å². The molecule has 0 saturated heterocycles. The molecule has 0 aliphatic rings. The zero-order chi connectivity index (χ0) is 20.6. The third kappa shape index (κ3) is 6.18. The number of nitrogens with one attached hydrogen (secondary N) is 2. The Morgan fingerprint density at radius 1 is 1.00 bits per heavy atom. The first-order chi connectivity index (χ1) is 14.0. The molecule has 1 aromatic heterocycles. The van der Waals surface area contributed by atoms with E-state index in [1.54, 1.807) is 0 Å². The molecule has 0 saturated carbocycles. The molecule has 8 heteroatoms. The molecular formula is C21H21FN4O2S. The van der Waals surface area contributed by atoms with Gasteiger partial charge in [0, 0.05) is 25.1 Å². The highest BCUT2D eigenvalue weighted by Gasteiger charge is 2.14. The van der Waals surface area contributed by atoms with Crippen LogP contribution in [0.2, 0.25) is 0 Å². The van der Waals surface area contributed by atoms with Gasteiger partial charge in [-0.05, 0) is 41.8 Å². The fraction of sp³-hybridized carbons (Fsp3) is 0.238. The standard InChI is InChI=1S/C21H21FN4O2S/c1-2-14-3-5-15(6-4-14)13-23-18(27)11-12-19-25-26-21(29-19)20(28)24-17-9-7-16(22)8-10-17/h3-10H,2,11-13H2,1H3,(H,23,27)(H,24,28). The lowest BCUT2D eigenvalue weighted by atomic mass is 10.1. The Hall–Kier alpha value is -3.13. The van der Waals surface area contributed by atoms with Crippen molar-refractivity contribution in [2.75, 3.05) is 5.32 Å². The van der Waals surface area contributed by atoms with Crippen molar-refractivity contribution in [1.29, 1.82) is 0 Å². The van der Waals surface area contributed by atoms with Gasteiger partial charge in [0.15, 0.2) is 0 Å². The number of rotatable bonds is 8. The molecule has 0 bridgehead atoms. The van der Waals surface area contributed by atoms with Gasteiger partial charge in [0.2, 0.25) is 10.9 Å². The monoisotopic (exact) mass is 412 g/mol. The van der Waals surface area contributed by atoms with Crippen LogP contribution in [0, 0.1) is 5.82 Å². The smallest absolute Gasteiger partial charge is 0.286 e. The largest absolute Gasteiger partial charge is 0.352 e. The minimum absolute atomic E-state index is 0.0860. The van der Waals surface area contributed by atoms with Gasteiger partial charge in [-0.3, -0.25) is 9.59 Å². The summed E-state index contributed by atoms with van der Waals surface area (Å²) in [4.78, 5) is 24.2. The average molecular weight is 412 g/mol. The molecule has 0 unspecified atom stereocenters. The number of benzene rings is 2. The Kier molecular flexibility index (Phi) is 7.02. The Labute approximate surface area is 172 Å². The van der Waals surface area contributed by atoms with E-state index in [-0.39, 0.29) is 23.2 Å². The summed E-state index contributed by atoms with van der Waals surface area (Å²) >= 11 is 1.14. The number of aryl methyl sites for hydroxylation is 2. The molecule has 0 aliphatic carbocycles. The van der Waals surface area contributed by atoms with E-state index < -0.39 is 5.91 Å². The van der Waals surface area contributed by atoms with Crippen molar-refractivity contribution in [3.05, 3.63) is 75.5 Å².